The fraction of sp³-hybridized carbons (Fsp3) is 1.00. The molecular weight excluding hydrogens is 192 g/mol. The van der Waals surface area contributed by atoms with Gasteiger partial charge in [-0.2, -0.15) is 0 Å². The van der Waals surface area contributed by atoms with E-state index in [0.717, 1.165) is 26.2 Å². The van der Waals surface area contributed by atoms with Crippen molar-refractivity contribution in [3.05, 3.63) is 0 Å². The highest BCUT2D eigenvalue weighted by Crippen LogP contribution is 2.13. The fourth-order valence-electron chi connectivity index (χ4n) is 2.24. The number of ether oxygens (including phenoxy) is 2. The highest BCUT2D eigenvalue weighted by Gasteiger charge is 2.27. The largest absolute Gasteiger partial charge is 0.383 e. The number of morpholine rings is 1. The van der Waals surface area contributed by atoms with Gasteiger partial charge >= 0.3 is 0 Å². The molecule has 0 bridgehead atoms. The molecular formula is C11H24N2O2. The van der Waals surface area contributed by atoms with Gasteiger partial charge in [-0.15, -0.1) is 0 Å². The maximum atomic E-state index is 5.72. The van der Waals surface area contributed by atoms with Crippen molar-refractivity contribution in [3.8, 4) is 0 Å². The number of rotatable bonds is 5. The van der Waals surface area contributed by atoms with Crippen LogP contribution in [0.25, 0.3) is 0 Å². The molecule has 0 aliphatic carbocycles. The van der Waals surface area contributed by atoms with Crippen LogP contribution in [-0.2, 0) is 9.47 Å². The Morgan fingerprint density at radius 1 is 1.40 bits per heavy atom. The van der Waals surface area contributed by atoms with Crippen molar-refractivity contribution in [1.29, 1.82) is 0 Å². The molecule has 4 nitrogen and oxygen atoms in total. The first kappa shape index (κ1) is 12.9. The van der Waals surface area contributed by atoms with Gasteiger partial charge in [0.05, 0.1) is 18.8 Å². The van der Waals surface area contributed by atoms with E-state index in [1.165, 1.54) is 0 Å². The lowest BCUT2D eigenvalue weighted by Crippen LogP contribution is -2.54. The monoisotopic (exact) mass is 216 g/mol. The molecule has 1 N–H and O–H groups in total. The Morgan fingerprint density at radius 3 is 2.47 bits per heavy atom. The number of hydrogen-bond donors (Lipinski definition) is 1. The molecule has 1 heterocycles. The van der Waals surface area contributed by atoms with Crippen molar-refractivity contribution >= 4 is 0 Å². The molecule has 0 amide bonds. The average molecular weight is 216 g/mol. The molecule has 3 unspecified atom stereocenters. The first-order chi connectivity index (χ1) is 7.17. The van der Waals surface area contributed by atoms with Gasteiger partial charge in [-0.05, 0) is 20.9 Å². The summed E-state index contributed by atoms with van der Waals surface area (Å²) in [6.45, 7) is 8.01. The number of nitrogens with one attached hydrogen (secondary N) is 1. The second-order valence-electron chi connectivity index (χ2n) is 4.38. The van der Waals surface area contributed by atoms with Crippen LogP contribution >= 0.6 is 0 Å². The first-order valence-corrected chi connectivity index (χ1v) is 5.70. The van der Waals surface area contributed by atoms with E-state index in [4.69, 9.17) is 9.47 Å². The number of hydrogen-bond acceptors (Lipinski definition) is 4. The van der Waals surface area contributed by atoms with E-state index in [0.29, 0.717) is 18.2 Å². The molecule has 0 aromatic heterocycles. The van der Waals surface area contributed by atoms with Gasteiger partial charge in [0.25, 0.3) is 0 Å². The van der Waals surface area contributed by atoms with Crippen LogP contribution < -0.4 is 5.32 Å². The molecule has 0 saturated carbocycles. The normalized spacial score (nSPS) is 30.4. The van der Waals surface area contributed by atoms with Crippen LogP contribution in [0.15, 0.2) is 0 Å². The smallest absolute Gasteiger partial charge is 0.0678 e. The molecule has 0 spiro atoms. The predicted octanol–water partition coefficient (Wildman–Crippen LogP) is 0.330. The van der Waals surface area contributed by atoms with E-state index in [-0.39, 0.29) is 0 Å². The second kappa shape index (κ2) is 6.43. The lowest BCUT2D eigenvalue weighted by molar-refractivity contribution is -0.0868. The third-order valence-electron chi connectivity index (χ3n) is 2.76. The summed E-state index contributed by atoms with van der Waals surface area (Å²) in [4.78, 5) is 2.46. The Kier molecular flexibility index (Phi) is 5.53. The number of methoxy groups -OCH3 is 1. The fourth-order valence-corrected chi connectivity index (χ4v) is 2.24. The molecule has 0 aromatic carbocycles. The van der Waals surface area contributed by atoms with Gasteiger partial charge in [-0.3, -0.25) is 4.90 Å². The first-order valence-electron chi connectivity index (χ1n) is 5.70. The highest BCUT2D eigenvalue weighted by atomic mass is 16.5. The van der Waals surface area contributed by atoms with E-state index in [1.807, 2.05) is 7.05 Å². The standard InChI is InChI=1S/C11H24N2O2/c1-9-6-13(7-10(2)15-9)11(5-12-3)8-14-4/h9-12H,5-8H2,1-4H3. The van der Waals surface area contributed by atoms with Gasteiger partial charge in [0.15, 0.2) is 0 Å². The van der Waals surface area contributed by atoms with Crippen LogP contribution in [0, 0.1) is 0 Å². The maximum absolute atomic E-state index is 5.72. The Morgan fingerprint density at radius 2 is 2.00 bits per heavy atom. The molecule has 1 fully saturated rings. The van der Waals surface area contributed by atoms with E-state index in [9.17, 15) is 0 Å². The zero-order valence-electron chi connectivity index (χ0n) is 10.3. The summed E-state index contributed by atoms with van der Waals surface area (Å²) in [5.41, 5.74) is 0. The van der Waals surface area contributed by atoms with E-state index in [1.54, 1.807) is 7.11 Å². The summed E-state index contributed by atoms with van der Waals surface area (Å²) in [5.74, 6) is 0. The van der Waals surface area contributed by atoms with Crippen molar-refractivity contribution in [2.45, 2.75) is 32.1 Å². The van der Waals surface area contributed by atoms with Crippen LogP contribution in [0.1, 0.15) is 13.8 Å². The van der Waals surface area contributed by atoms with Gasteiger partial charge in [0, 0.05) is 32.8 Å². The van der Waals surface area contributed by atoms with E-state index in [2.05, 4.69) is 24.1 Å². The number of nitrogens with zero attached hydrogens (tertiary/aromatic N) is 1. The summed E-state index contributed by atoms with van der Waals surface area (Å²) in [6.07, 6.45) is 0.648. The van der Waals surface area contributed by atoms with Crippen LogP contribution in [0.3, 0.4) is 0 Å². The minimum atomic E-state index is 0.324. The van der Waals surface area contributed by atoms with Crippen molar-refractivity contribution in [1.82, 2.24) is 10.2 Å². The highest BCUT2D eigenvalue weighted by molar-refractivity contribution is 4.80. The molecule has 0 radical (unpaired) electrons. The van der Waals surface area contributed by atoms with Crippen LogP contribution in [-0.4, -0.2) is 63.5 Å². The van der Waals surface area contributed by atoms with Crippen molar-refractivity contribution in [2.24, 2.45) is 0 Å². The summed E-state index contributed by atoms with van der Waals surface area (Å²) < 4.78 is 11.0. The van der Waals surface area contributed by atoms with Crippen LogP contribution in [0.4, 0.5) is 0 Å². The van der Waals surface area contributed by atoms with Crippen LogP contribution in [0.5, 0.6) is 0 Å². The maximum Gasteiger partial charge on any atom is 0.0678 e. The van der Waals surface area contributed by atoms with Crippen molar-refractivity contribution in [3.63, 3.8) is 0 Å². The molecule has 1 aliphatic heterocycles. The minimum absolute atomic E-state index is 0.324. The van der Waals surface area contributed by atoms with Gasteiger partial charge in [0.1, 0.15) is 0 Å². The van der Waals surface area contributed by atoms with Crippen molar-refractivity contribution in [2.75, 3.05) is 40.4 Å². The lowest BCUT2D eigenvalue weighted by Gasteiger charge is -2.39. The van der Waals surface area contributed by atoms with Crippen LogP contribution in [0.2, 0.25) is 0 Å². The zero-order chi connectivity index (χ0) is 11.3. The number of likely N-dealkylation sites (N-methyl/N-ethyl adjacent to an activating group) is 1. The van der Waals surface area contributed by atoms with Gasteiger partial charge < -0.3 is 14.8 Å². The molecule has 4 heteroatoms. The molecule has 90 valence electrons. The Labute approximate surface area is 92.9 Å². The van der Waals surface area contributed by atoms with Gasteiger partial charge in [-0.25, -0.2) is 0 Å². The third kappa shape index (κ3) is 4.07. The quantitative estimate of drug-likeness (QED) is 0.718. The third-order valence-corrected chi connectivity index (χ3v) is 2.76. The van der Waals surface area contributed by atoms with Crippen molar-refractivity contribution < 1.29 is 9.47 Å². The van der Waals surface area contributed by atoms with Gasteiger partial charge in [0.2, 0.25) is 0 Å². The molecule has 0 aromatic rings. The Bertz CT molecular complexity index is 162. The van der Waals surface area contributed by atoms with E-state index < -0.39 is 0 Å². The summed E-state index contributed by atoms with van der Waals surface area (Å²) in [6, 6.07) is 0.453. The molecule has 1 saturated heterocycles. The predicted molar refractivity (Wildman–Crippen MR) is 61.2 cm³/mol. The molecule has 3 atom stereocenters. The topological polar surface area (TPSA) is 33.7 Å². The summed E-state index contributed by atoms with van der Waals surface area (Å²) in [7, 11) is 3.74. The zero-order valence-corrected chi connectivity index (χ0v) is 10.3. The lowest BCUT2D eigenvalue weighted by atomic mass is 10.1. The second-order valence-corrected chi connectivity index (χ2v) is 4.38. The average Bonchev–Trinajstić information content (AvgIpc) is 2.16. The summed E-state index contributed by atoms with van der Waals surface area (Å²) in [5, 5.41) is 3.22. The molecule has 1 aliphatic rings. The Hall–Kier alpha value is -0.160. The molecule has 15 heavy (non-hydrogen) atoms. The SMILES string of the molecule is CNCC(COC)N1CC(C)OC(C)C1. The Balaban J connectivity index is 2.49. The summed E-state index contributed by atoms with van der Waals surface area (Å²) >= 11 is 0. The van der Waals surface area contributed by atoms with Gasteiger partial charge in [-0.1, -0.05) is 0 Å². The minimum Gasteiger partial charge on any atom is -0.383 e. The van der Waals surface area contributed by atoms with E-state index >= 15 is 0 Å². The molecule has 1 rings (SSSR count).